The lowest BCUT2D eigenvalue weighted by atomic mass is 10.0. The van der Waals surface area contributed by atoms with Crippen LogP contribution in [-0.2, 0) is 6.61 Å². The van der Waals surface area contributed by atoms with Crippen molar-refractivity contribution in [2.45, 2.75) is 25.2 Å². The molecular weight excluding hydrogens is 390 g/mol. The van der Waals surface area contributed by atoms with Crippen LogP contribution in [0.25, 0.3) is 10.9 Å². The molecule has 0 saturated heterocycles. The van der Waals surface area contributed by atoms with E-state index in [9.17, 15) is 5.11 Å². The fraction of sp³-hybridized carbons (Fsp3) is 0.192. The Morgan fingerprint density at radius 2 is 1.74 bits per heavy atom. The number of aliphatic hydroxyl groups excluding tert-OH is 1. The molecule has 1 aliphatic heterocycles. The molecular formula is C26H23NO4. The number of ether oxygens (including phenoxy) is 3. The topological polar surface area (TPSA) is 60.8 Å². The van der Waals surface area contributed by atoms with Gasteiger partial charge in [-0.15, -0.1) is 0 Å². The van der Waals surface area contributed by atoms with Crippen molar-refractivity contribution in [2.24, 2.45) is 0 Å². The Labute approximate surface area is 180 Å². The molecule has 2 heterocycles. The van der Waals surface area contributed by atoms with Gasteiger partial charge >= 0.3 is 0 Å². The highest BCUT2D eigenvalue weighted by Gasteiger charge is 2.29. The number of aromatic nitrogens is 1. The van der Waals surface area contributed by atoms with Crippen LogP contribution in [-0.4, -0.2) is 22.8 Å². The van der Waals surface area contributed by atoms with Crippen LogP contribution in [0.15, 0.2) is 84.9 Å². The second kappa shape index (κ2) is 8.66. The molecule has 0 saturated carbocycles. The number of benzene rings is 3. The van der Waals surface area contributed by atoms with Gasteiger partial charge in [-0.05, 0) is 42.5 Å². The molecule has 0 bridgehead atoms. The summed E-state index contributed by atoms with van der Waals surface area (Å²) >= 11 is 0. The minimum absolute atomic E-state index is 0.338. The van der Waals surface area contributed by atoms with Crippen molar-refractivity contribution in [1.29, 1.82) is 0 Å². The fourth-order valence-corrected chi connectivity index (χ4v) is 3.77. The number of aliphatic hydroxyl groups is 1. The number of fused-ring (bicyclic) bond motifs is 2. The summed E-state index contributed by atoms with van der Waals surface area (Å²) in [7, 11) is 0. The maximum atomic E-state index is 11.0. The van der Waals surface area contributed by atoms with Gasteiger partial charge in [0.2, 0.25) is 0 Å². The molecule has 0 fully saturated rings. The first-order valence-electron chi connectivity index (χ1n) is 10.4. The smallest absolute Gasteiger partial charge is 0.132 e. The van der Waals surface area contributed by atoms with Crippen molar-refractivity contribution in [3.63, 3.8) is 0 Å². The van der Waals surface area contributed by atoms with Crippen molar-refractivity contribution in [2.75, 3.05) is 6.61 Å². The van der Waals surface area contributed by atoms with Crippen molar-refractivity contribution in [3.8, 4) is 17.2 Å². The summed E-state index contributed by atoms with van der Waals surface area (Å²) in [5, 5.41) is 12.1. The van der Waals surface area contributed by atoms with Gasteiger partial charge in [-0.25, -0.2) is 4.98 Å². The number of para-hydroxylation sites is 2. The lowest BCUT2D eigenvalue weighted by molar-refractivity contribution is 0.0312. The standard InChI is InChI=1S/C26H23NO4/c28-26-22-16-21(30-17-19-11-10-18-6-4-5-9-23(18)27-19)12-13-24(22)29-15-14-25(26)31-20-7-2-1-3-8-20/h1-13,16,25-26,28H,14-15,17H2/t25-,26-/m0/s1. The van der Waals surface area contributed by atoms with Gasteiger partial charge < -0.3 is 19.3 Å². The van der Waals surface area contributed by atoms with E-state index in [1.807, 2.05) is 84.9 Å². The van der Waals surface area contributed by atoms with Crippen LogP contribution in [0.3, 0.4) is 0 Å². The predicted octanol–water partition coefficient (Wildman–Crippen LogP) is 5.08. The highest BCUT2D eigenvalue weighted by atomic mass is 16.5. The van der Waals surface area contributed by atoms with E-state index >= 15 is 0 Å². The largest absolute Gasteiger partial charge is 0.493 e. The Morgan fingerprint density at radius 1 is 0.903 bits per heavy atom. The van der Waals surface area contributed by atoms with Crippen LogP contribution in [0.1, 0.15) is 23.8 Å². The molecule has 0 unspecified atom stereocenters. The van der Waals surface area contributed by atoms with E-state index in [4.69, 9.17) is 14.2 Å². The maximum Gasteiger partial charge on any atom is 0.132 e. The van der Waals surface area contributed by atoms with Crippen molar-refractivity contribution < 1.29 is 19.3 Å². The van der Waals surface area contributed by atoms with Crippen molar-refractivity contribution in [3.05, 3.63) is 96.2 Å². The molecule has 4 aromatic rings. The number of rotatable bonds is 5. The summed E-state index contributed by atoms with van der Waals surface area (Å²) < 4.78 is 17.9. The number of pyridine rings is 1. The van der Waals surface area contributed by atoms with Gasteiger partial charge in [0.25, 0.3) is 0 Å². The van der Waals surface area contributed by atoms with Gasteiger partial charge in [0.05, 0.1) is 17.8 Å². The van der Waals surface area contributed by atoms with Crippen molar-refractivity contribution in [1.82, 2.24) is 4.98 Å². The predicted molar refractivity (Wildman–Crippen MR) is 118 cm³/mol. The molecule has 0 spiro atoms. The zero-order chi connectivity index (χ0) is 21.0. The molecule has 1 N–H and O–H groups in total. The first kappa shape index (κ1) is 19.4. The number of hydrogen-bond acceptors (Lipinski definition) is 5. The summed E-state index contributed by atoms with van der Waals surface area (Å²) in [6.07, 6.45) is -0.636. The van der Waals surface area contributed by atoms with Crippen LogP contribution >= 0.6 is 0 Å². The third kappa shape index (κ3) is 4.32. The van der Waals surface area contributed by atoms with E-state index < -0.39 is 12.2 Å². The van der Waals surface area contributed by atoms with E-state index in [2.05, 4.69) is 4.98 Å². The average Bonchev–Trinajstić information content (AvgIpc) is 2.97. The minimum Gasteiger partial charge on any atom is -0.493 e. The van der Waals surface area contributed by atoms with Gasteiger partial charge in [0.15, 0.2) is 0 Å². The van der Waals surface area contributed by atoms with Crippen LogP contribution in [0.4, 0.5) is 0 Å². The summed E-state index contributed by atoms with van der Waals surface area (Å²) in [6.45, 7) is 0.813. The molecule has 5 rings (SSSR count). The van der Waals surface area contributed by atoms with E-state index in [1.165, 1.54) is 0 Å². The third-order valence-electron chi connectivity index (χ3n) is 5.39. The quantitative estimate of drug-likeness (QED) is 0.495. The molecule has 0 amide bonds. The lowest BCUT2D eigenvalue weighted by Gasteiger charge is -2.22. The summed E-state index contributed by atoms with van der Waals surface area (Å²) in [5.74, 6) is 2.03. The molecule has 1 aliphatic rings. The highest BCUT2D eigenvalue weighted by molar-refractivity contribution is 5.78. The van der Waals surface area contributed by atoms with Crippen LogP contribution in [0, 0.1) is 0 Å². The van der Waals surface area contributed by atoms with E-state index in [0.717, 1.165) is 22.3 Å². The Bertz CT molecular complexity index is 1180. The van der Waals surface area contributed by atoms with Gasteiger partial charge in [0.1, 0.15) is 36.1 Å². The molecule has 2 atom stereocenters. The molecule has 1 aromatic heterocycles. The zero-order valence-corrected chi connectivity index (χ0v) is 17.0. The minimum atomic E-state index is -0.819. The lowest BCUT2D eigenvalue weighted by Crippen LogP contribution is -2.25. The Balaban J connectivity index is 1.33. The van der Waals surface area contributed by atoms with Gasteiger partial charge in [-0.2, -0.15) is 0 Å². The van der Waals surface area contributed by atoms with Gasteiger partial charge in [-0.1, -0.05) is 42.5 Å². The highest BCUT2D eigenvalue weighted by Crippen LogP contribution is 2.36. The summed E-state index contributed by atoms with van der Waals surface area (Å²) in [5.41, 5.74) is 2.45. The molecule has 156 valence electrons. The van der Waals surface area contributed by atoms with Gasteiger partial charge in [0, 0.05) is 17.4 Å². The Morgan fingerprint density at radius 3 is 2.65 bits per heavy atom. The third-order valence-corrected chi connectivity index (χ3v) is 5.39. The molecule has 31 heavy (non-hydrogen) atoms. The van der Waals surface area contributed by atoms with E-state index in [-0.39, 0.29) is 0 Å². The summed E-state index contributed by atoms with van der Waals surface area (Å²) in [6, 6.07) is 27.1. The number of nitrogens with zero attached hydrogens (tertiary/aromatic N) is 1. The molecule has 3 aromatic carbocycles. The van der Waals surface area contributed by atoms with Crippen LogP contribution < -0.4 is 14.2 Å². The van der Waals surface area contributed by atoms with Gasteiger partial charge in [-0.3, -0.25) is 0 Å². The Kier molecular flexibility index (Phi) is 5.42. The zero-order valence-electron chi connectivity index (χ0n) is 17.0. The van der Waals surface area contributed by atoms with E-state index in [0.29, 0.717) is 36.7 Å². The SMILES string of the molecule is O[C@H]1c2cc(OCc3ccc4ccccc4n3)ccc2OCC[C@@H]1Oc1ccccc1. The van der Waals surface area contributed by atoms with Crippen molar-refractivity contribution >= 4 is 10.9 Å². The molecule has 5 nitrogen and oxygen atoms in total. The average molecular weight is 413 g/mol. The van der Waals surface area contributed by atoms with Crippen LogP contribution in [0.2, 0.25) is 0 Å². The van der Waals surface area contributed by atoms with E-state index in [1.54, 1.807) is 0 Å². The first-order chi connectivity index (χ1) is 15.3. The fourth-order valence-electron chi connectivity index (χ4n) is 3.77. The summed E-state index contributed by atoms with van der Waals surface area (Å²) in [4.78, 5) is 4.65. The Hall–Kier alpha value is -3.57. The molecule has 0 aliphatic carbocycles. The first-order valence-corrected chi connectivity index (χ1v) is 10.4. The molecule has 0 radical (unpaired) electrons. The second-order valence-corrected chi connectivity index (χ2v) is 7.53. The molecule has 5 heteroatoms. The maximum absolute atomic E-state index is 11.0. The second-order valence-electron chi connectivity index (χ2n) is 7.53. The normalized spacial score (nSPS) is 18.0. The monoisotopic (exact) mass is 413 g/mol. The number of hydrogen-bond donors (Lipinski definition) is 1. The van der Waals surface area contributed by atoms with Crippen LogP contribution in [0.5, 0.6) is 17.2 Å².